The molecule has 0 bridgehead atoms. The van der Waals surface area contributed by atoms with Crippen molar-refractivity contribution in [3.8, 4) is 0 Å². The standard InChI is InChI=1S/C20H18N2O7S/c1-2-8-21-17(23)11-4-6-13-16-14(7-5-12(15(11)16)18(21)24)20(26)22(19(13)25)9-3-10-30(27,28)29/h4-7H,2-3,8-10H2,1H3,(H,27,28,29). The van der Waals surface area contributed by atoms with Gasteiger partial charge in [0.05, 0.1) is 5.75 Å². The van der Waals surface area contributed by atoms with E-state index in [9.17, 15) is 27.6 Å². The zero-order valence-corrected chi connectivity index (χ0v) is 16.9. The largest absolute Gasteiger partial charge is 0.286 e. The Bertz CT molecular complexity index is 1180. The highest BCUT2D eigenvalue weighted by Gasteiger charge is 2.39. The fraction of sp³-hybridized carbons (Fsp3) is 0.300. The molecule has 0 saturated carbocycles. The van der Waals surface area contributed by atoms with Crippen LogP contribution in [0.1, 0.15) is 61.2 Å². The summed E-state index contributed by atoms with van der Waals surface area (Å²) in [4.78, 5) is 53.6. The Morgan fingerprint density at radius 2 is 1.10 bits per heavy atom. The molecule has 10 heteroatoms. The number of hydrogen-bond donors (Lipinski definition) is 1. The molecule has 0 atom stereocenters. The molecular formula is C20H18N2O7S. The topological polar surface area (TPSA) is 129 Å². The summed E-state index contributed by atoms with van der Waals surface area (Å²) in [5.41, 5.74) is 0.862. The van der Waals surface area contributed by atoms with Gasteiger partial charge in [0.25, 0.3) is 33.7 Å². The normalized spacial score (nSPS) is 16.1. The number of imide groups is 2. The Morgan fingerprint density at radius 1 is 0.733 bits per heavy atom. The molecule has 4 amide bonds. The summed E-state index contributed by atoms with van der Waals surface area (Å²) in [7, 11) is -4.22. The number of carbonyl (C=O) groups excluding carboxylic acids is 4. The van der Waals surface area contributed by atoms with Crippen molar-refractivity contribution in [2.75, 3.05) is 18.8 Å². The molecule has 2 aromatic rings. The smallest absolute Gasteiger partial charge is 0.264 e. The van der Waals surface area contributed by atoms with Crippen LogP contribution in [-0.2, 0) is 10.1 Å². The molecule has 30 heavy (non-hydrogen) atoms. The molecule has 2 aromatic carbocycles. The Morgan fingerprint density at radius 3 is 1.43 bits per heavy atom. The van der Waals surface area contributed by atoms with Crippen LogP contribution in [-0.4, -0.2) is 65.2 Å². The summed E-state index contributed by atoms with van der Waals surface area (Å²) < 4.78 is 30.8. The third kappa shape index (κ3) is 2.99. The maximum Gasteiger partial charge on any atom is 0.264 e. The van der Waals surface area contributed by atoms with Gasteiger partial charge in [-0.15, -0.1) is 0 Å². The maximum atomic E-state index is 12.9. The fourth-order valence-electron chi connectivity index (χ4n) is 4.01. The van der Waals surface area contributed by atoms with Crippen molar-refractivity contribution in [1.82, 2.24) is 9.80 Å². The van der Waals surface area contributed by atoms with E-state index in [0.717, 1.165) is 9.80 Å². The molecule has 156 valence electrons. The molecule has 2 aliphatic heterocycles. The first kappa shape index (κ1) is 20.2. The Kier molecular flexibility index (Phi) is 4.70. The van der Waals surface area contributed by atoms with E-state index < -0.39 is 39.5 Å². The van der Waals surface area contributed by atoms with E-state index in [1.54, 1.807) is 0 Å². The average Bonchev–Trinajstić information content (AvgIpc) is 2.69. The summed E-state index contributed by atoms with van der Waals surface area (Å²) in [6, 6.07) is 5.86. The second kappa shape index (κ2) is 6.99. The van der Waals surface area contributed by atoms with Crippen molar-refractivity contribution >= 4 is 44.5 Å². The van der Waals surface area contributed by atoms with Crippen LogP contribution in [0.3, 0.4) is 0 Å². The molecule has 1 N–H and O–H groups in total. The molecule has 0 fully saturated rings. The van der Waals surface area contributed by atoms with E-state index in [4.69, 9.17) is 4.55 Å². The summed E-state index contributed by atoms with van der Waals surface area (Å²) in [5.74, 6) is -2.78. The van der Waals surface area contributed by atoms with Gasteiger partial charge in [-0.1, -0.05) is 6.92 Å². The van der Waals surface area contributed by atoms with Gasteiger partial charge in [-0.25, -0.2) is 0 Å². The lowest BCUT2D eigenvalue weighted by Crippen LogP contribution is -2.43. The van der Waals surface area contributed by atoms with Crippen molar-refractivity contribution < 1.29 is 32.1 Å². The van der Waals surface area contributed by atoms with Crippen LogP contribution in [0, 0.1) is 0 Å². The Hall–Kier alpha value is -3.11. The molecule has 0 saturated heterocycles. The Balaban J connectivity index is 1.82. The summed E-state index contributed by atoms with van der Waals surface area (Å²) in [5, 5.41) is 0.565. The zero-order chi connectivity index (χ0) is 21.8. The maximum absolute atomic E-state index is 12.9. The van der Waals surface area contributed by atoms with Crippen molar-refractivity contribution in [3.05, 3.63) is 46.5 Å². The number of hydrogen-bond acceptors (Lipinski definition) is 6. The summed E-state index contributed by atoms with van der Waals surface area (Å²) >= 11 is 0. The monoisotopic (exact) mass is 430 g/mol. The highest BCUT2D eigenvalue weighted by Crippen LogP contribution is 2.37. The van der Waals surface area contributed by atoms with Gasteiger partial charge in [0.1, 0.15) is 0 Å². The minimum Gasteiger partial charge on any atom is -0.286 e. The van der Waals surface area contributed by atoms with Crippen LogP contribution in [0.15, 0.2) is 24.3 Å². The van der Waals surface area contributed by atoms with Gasteiger partial charge in [0, 0.05) is 46.1 Å². The van der Waals surface area contributed by atoms with Crippen molar-refractivity contribution in [3.63, 3.8) is 0 Å². The second-order valence-corrected chi connectivity index (χ2v) is 8.81. The van der Waals surface area contributed by atoms with Gasteiger partial charge in [0.2, 0.25) is 0 Å². The number of nitrogens with zero attached hydrogens (tertiary/aromatic N) is 2. The lowest BCUT2D eigenvalue weighted by Gasteiger charge is -2.31. The minimum atomic E-state index is -4.22. The first-order chi connectivity index (χ1) is 14.2. The van der Waals surface area contributed by atoms with E-state index in [1.165, 1.54) is 24.3 Å². The molecule has 0 spiro atoms. The summed E-state index contributed by atoms with van der Waals surface area (Å²) in [6.45, 7) is 1.93. The molecule has 0 unspecified atom stereocenters. The predicted molar refractivity (Wildman–Crippen MR) is 106 cm³/mol. The van der Waals surface area contributed by atoms with Crippen molar-refractivity contribution in [2.24, 2.45) is 0 Å². The van der Waals surface area contributed by atoms with E-state index in [-0.39, 0.29) is 47.2 Å². The number of amides is 4. The molecule has 2 heterocycles. The van der Waals surface area contributed by atoms with E-state index >= 15 is 0 Å². The van der Waals surface area contributed by atoms with Crippen LogP contribution in [0.25, 0.3) is 10.8 Å². The molecule has 2 aliphatic rings. The summed E-state index contributed by atoms with van der Waals surface area (Å²) in [6.07, 6.45) is 0.482. The third-order valence-electron chi connectivity index (χ3n) is 5.29. The third-order valence-corrected chi connectivity index (χ3v) is 6.10. The van der Waals surface area contributed by atoms with Crippen molar-refractivity contribution in [2.45, 2.75) is 19.8 Å². The lowest BCUT2D eigenvalue weighted by atomic mass is 9.86. The van der Waals surface area contributed by atoms with Gasteiger partial charge in [0.15, 0.2) is 0 Å². The highest BCUT2D eigenvalue weighted by atomic mass is 32.2. The van der Waals surface area contributed by atoms with E-state index in [2.05, 4.69) is 0 Å². The van der Waals surface area contributed by atoms with Gasteiger partial charge in [-0.3, -0.25) is 33.5 Å². The predicted octanol–water partition coefficient (Wildman–Crippen LogP) is 1.72. The quantitative estimate of drug-likeness (QED) is 0.546. The Labute approximate surface area is 172 Å². The average molecular weight is 430 g/mol. The van der Waals surface area contributed by atoms with E-state index in [1.807, 2.05) is 6.92 Å². The highest BCUT2D eigenvalue weighted by molar-refractivity contribution is 7.85. The first-order valence-electron chi connectivity index (χ1n) is 9.43. The van der Waals surface area contributed by atoms with Gasteiger partial charge < -0.3 is 0 Å². The molecule has 4 rings (SSSR count). The zero-order valence-electron chi connectivity index (χ0n) is 16.0. The van der Waals surface area contributed by atoms with Crippen LogP contribution in [0.4, 0.5) is 0 Å². The molecule has 0 radical (unpaired) electrons. The first-order valence-corrected chi connectivity index (χ1v) is 11.0. The molecule has 0 aliphatic carbocycles. The van der Waals surface area contributed by atoms with Crippen LogP contribution in [0.2, 0.25) is 0 Å². The number of benzene rings is 2. The fourth-order valence-corrected chi connectivity index (χ4v) is 4.50. The van der Waals surface area contributed by atoms with Crippen LogP contribution in [0.5, 0.6) is 0 Å². The van der Waals surface area contributed by atoms with Gasteiger partial charge >= 0.3 is 0 Å². The van der Waals surface area contributed by atoms with Crippen LogP contribution >= 0.6 is 0 Å². The SMILES string of the molecule is CCCN1C(=O)c2ccc3c4c(ccc(c24)C1=O)C(=O)N(CCCS(=O)(=O)O)C3=O. The number of carbonyl (C=O) groups is 4. The van der Waals surface area contributed by atoms with Gasteiger partial charge in [-0.05, 0) is 37.1 Å². The van der Waals surface area contributed by atoms with Crippen molar-refractivity contribution in [1.29, 1.82) is 0 Å². The van der Waals surface area contributed by atoms with Gasteiger partial charge in [-0.2, -0.15) is 8.42 Å². The van der Waals surface area contributed by atoms with Crippen LogP contribution < -0.4 is 0 Å². The second-order valence-electron chi connectivity index (χ2n) is 7.23. The van der Waals surface area contributed by atoms with E-state index in [0.29, 0.717) is 11.8 Å². The lowest BCUT2D eigenvalue weighted by molar-refractivity contribution is 0.0589. The molecule has 0 aromatic heterocycles. The number of rotatable bonds is 6. The molecular weight excluding hydrogens is 412 g/mol. The minimum absolute atomic E-state index is 0.117. The molecule has 9 nitrogen and oxygen atoms in total.